The van der Waals surface area contributed by atoms with Crippen LogP contribution in [0.25, 0.3) is 0 Å². The Hall–Kier alpha value is -2.28. The topological polar surface area (TPSA) is 83.1 Å². The number of ketones is 1. The highest BCUT2D eigenvalue weighted by Gasteiger charge is 2.26. The normalized spacial score (nSPS) is 17.5. The van der Waals surface area contributed by atoms with E-state index in [9.17, 15) is 14.4 Å². The molecule has 0 saturated carbocycles. The van der Waals surface area contributed by atoms with Gasteiger partial charge in [0, 0.05) is 25.1 Å². The quantitative estimate of drug-likeness (QED) is 0.849. The number of nitrogens with zero attached hydrogens (tertiary/aromatic N) is 2. The second-order valence-electron chi connectivity index (χ2n) is 6.49. The van der Waals surface area contributed by atoms with Crippen molar-refractivity contribution in [1.29, 1.82) is 0 Å². The Morgan fingerprint density at radius 3 is 2.88 bits per heavy atom. The number of rotatable bonds is 4. The van der Waals surface area contributed by atoms with Gasteiger partial charge in [0.1, 0.15) is 5.82 Å². The summed E-state index contributed by atoms with van der Waals surface area (Å²) in [6.07, 6.45) is 2.12. The number of thiophene rings is 1. The zero-order chi connectivity index (χ0) is 18.0. The van der Waals surface area contributed by atoms with Crippen LogP contribution in [0.4, 0.5) is 0 Å². The Labute approximate surface area is 149 Å². The fourth-order valence-corrected chi connectivity index (χ4v) is 4.01. The van der Waals surface area contributed by atoms with Gasteiger partial charge in [0.15, 0.2) is 5.78 Å². The number of Topliss-reactive ketones (excluding diaryl/α,β-unsaturated/α-hetero) is 1. The largest absolute Gasteiger partial charge is 0.342 e. The summed E-state index contributed by atoms with van der Waals surface area (Å²) in [5.74, 6) is 0.770. The first kappa shape index (κ1) is 17.5. The molecule has 2 aromatic heterocycles. The van der Waals surface area contributed by atoms with Gasteiger partial charge in [-0.1, -0.05) is 0 Å². The lowest BCUT2D eigenvalue weighted by atomic mass is 9.94. The maximum atomic E-state index is 12.6. The molecule has 7 heteroatoms. The molecule has 1 aliphatic rings. The second kappa shape index (κ2) is 7.31. The van der Waals surface area contributed by atoms with Crippen LogP contribution in [0.2, 0.25) is 0 Å². The number of aromatic amines is 1. The predicted octanol–water partition coefficient (Wildman–Crippen LogP) is 2.29. The van der Waals surface area contributed by atoms with Gasteiger partial charge >= 0.3 is 0 Å². The third-order valence-electron chi connectivity index (χ3n) is 4.43. The van der Waals surface area contributed by atoms with Crippen LogP contribution in [0.1, 0.15) is 52.4 Å². The van der Waals surface area contributed by atoms with Gasteiger partial charge in [-0.05, 0) is 43.7 Å². The summed E-state index contributed by atoms with van der Waals surface area (Å²) in [4.78, 5) is 45.3. The number of carbonyl (C=O) groups is 2. The molecule has 1 saturated heterocycles. The molecule has 2 aromatic rings. The van der Waals surface area contributed by atoms with Gasteiger partial charge in [-0.25, -0.2) is 4.98 Å². The molecule has 1 atom stereocenters. The van der Waals surface area contributed by atoms with Gasteiger partial charge in [0.25, 0.3) is 5.56 Å². The van der Waals surface area contributed by atoms with E-state index >= 15 is 0 Å². The minimum atomic E-state index is -0.152. The van der Waals surface area contributed by atoms with E-state index in [-0.39, 0.29) is 23.2 Å². The van der Waals surface area contributed by atoms with Crippen molar-refractivity contribution in [2.45, 2.75) is 39.0 Å². The van der Waals surface area contributed by atoms with Crippen LogP contribution in [-0.4, -0.2) is 39.6 Å². The van der Waals surface area contributed by atoms with Gasteiger partial charge in [0.05, 0.1) is 17.0 Å². The Bertz CT molecular complexity index is 855. The molecule has 1 fully saturated rings. The summed E-state index contributed by atoms with van der Waals surface area (Å²) in [6, 6.07) is 3.33. The van der Waals surface area contributed by atoms with Crippen molar-refractivity contribution in [1.82, 2.24) is 14.9 Å². The number of carbonyl (C=O) groups excluding carboxylic acids is 2. The fraction of sp³-hybridized carbons (Fsp3) is 0.444. The van der Waals surface area contributed by atoms with Crippen LogP contribution >= 0.6 is 11.3 Å². The molecule has 1 aliphatic heterocycles. The molecule has 3 rings (SSSR count). The van der Waals surface area contributed by atoms with Crippen molar-refractivity contribution in [3.8, 4) is 0 Å². The molecule has 0 bridgehead atoms. The Kier molecular flexibility index (Phi) is 5.13. The van der Waals surface area contributed by atoms with E-state index < -0.39 is 0 Å². The van der Waals surface area contributed by atoms with Crippen LogP contribution in [-0.2, 0) is 11.2 Å². The average Bonchev–Trinajstić information content (AvgIpc) is 3.03. The monoisotopic (exact) mass is 359 g/mol. The van der Waals surface area contributed by atoms with Crippen molar-refractivity contribution < 1.29 is 9.59 Å². The number of H-pyrrole nitrogens is 1. The van der Waals surface area contributed by atoms with Crippen LogP contribution in [0.5, 0.6) is 0 Å². The molecule has 0 spiro atoms. The molecule has 1 amide bonds. The second-order valence-corrected chi connectivity index (χ2v) is 7.40. The first-order valence-electron chi connectivity index (χ1n) is 8.36. The smallest absolute Gasteiger partial charge is 0.251 e. The van der Waals surface area contributed by atoms with Gasteiger partial charge in [-0.3, -0.25) is 14.4 Å². The zero-order valence-corrected chi connectivity index (χ0v) is 15.2. The zero-order valence-electron chi connectivity index (χ0n) is 14.4. The molecule has 132 valence electrons. The van der Waals surface area contributed by atoms with Crippen molar-refractivity contribution >= 4 is 23.0 Å². The van der Waals surface area contributed by atoms with E-state index in [0.29, 0.717) is 23.7 Å². The molecule has 0 aromatic carbocycles. The third-order valence-corrected chi connectivity index (χ3v) is 5.51. The lowest BCUT2D eigenvalue weighted by Crippen LogP contribution is -2.40. The van der Waals surface area contributed by atoms with E-state index in [1.165, 1.54) is 24.3 Å². The Morgan fingerprint density at radius 2 is 2.20 bits per heavy atom. The van der Waals surface area contributed by atoms with Crippen LogP contribution in [0.15, 0.2) is 22.3 Å². The van der Waals surface area contributed by atoms with Crippen LogP contribution in [0.3, 0.4) is 0 Å². The van der Waals surface area contributed by atoms with Crippen molar-refractivity contribution in [2.75, 3.05) is 13.1 Å². The summed E-state index contributed by atoms with van der Waals surface area (Å²) in [5, 5.41) is 1.87. The molecule has 25 heavy (non-hydrogen) atoms. The standard InChI is InChI=1S/C18H21N3O3S/c1-11(22)16-6-13(10-25-16)7-18(24)21-5-3-4-14(9-21)15-8-17(23)20-12(2)19-15/h6,8,10,14H,3-5,7,9H2,1-2H3,(H,19,20,23)/t14-/m0/s1. The van der Waals surface area contributed by atoms with Crippen LogP contribution in [0, 0.1) is 6.92 Å². The molecule has 0 unspecified atom stereocenters. The highest BCUT2D eigenvalue weighted by atomic mass is 32.1. The van der Waals surface area contributed by atoms with E-state index in [4.69, 9.17) is 0 Å². The first-order valence-corrected chi connectivity index (χ1v) is 9.24. The van der Waals surface area contributed by atoms with E-state index in [2.05, 4.69) is 9.97 Å². The number of likely N-dealkylation sites (tertiary alicyclic amines) is 1. The van der Waals surface area contributed by atoms with Crippen molar-refractivity contribution in [3.63, 3.8) is 0 Å². The number of aromatic nitrogens is 2. The number of hydrogen-bond acceptors (Lipinski definition) is 5. The first-order chi connectivity index (χ1) is 11.9. The maximum absolute atomic E-state index is 12.6. The minimum absolute atomic E-state index is 0.0254. The Balaban J connectivity index is 1.68. The number of amides is 1. The summed E-state index contributed by atoms with van der Waals surface area (Å²) in [6.45, 7) is 4.60. The minimum Gasteiger partial charge on any atom is -0.342 e. The Morgan fingerprint density at radius 1 is 1.40 bits per heavy atom. The molecule has 0 radical (unpaired) electrons. The fourth-order valence-electron chi connectivity index (χ4n) is 3.20. The number of aryl methyl sites for hydroxylation is 1. The number of piperidine rings is 1. The maximum Gasteiger partial charge on any atom is 0.251 e. The molecule has 1 N–H and O–H groups in total. The molecule has 0 aliphatic carbocycles. The van der Waals surface area contributed by atoms with Crippen molar-refractivity contribution in [2.24, 2.45) is 0 Å². The molecular weight excluding hydrogens is 338 g/mol. The molecule has 3 heterocycles. The van der Waals surface area contributed by atoms with Gasteiger partial charge < -0.3 is 9.88 Å². The number of hydrogen-bond donors (Lipinski definition) is 1. The summed E-state index contributed by atoms with van der Waals surface area (Å²) in [7, 11) is 0. The van der Waals surface area contributed by atoms with E-state index in [1.54, 1.807) is 13.0 Å². The van der Waals surface area contributed by atoms with Gasteiger partial charge in [0.2, 0.25) is 5.91 Å². The predicted molar refractivity (Wildman–Crippen MR) is 96.2 cm³/mol. The summed E-state index contributed by atoms with van der Waals surface area (Å²) >= 11 is 1.38. The van der Waals surface area contributed by atoms with E-state index in [1.807, 2.05) is 10.3 Å². The lowest BCUT2D eigenvalue weighted by molar-refractivity contribution is -0.131. The average molecular weight is 359 g/mol. The SMILES string of the molecule is CC(=O)c1cc(CC(=O)N2CCC[C@H](c3cc(=O)[nH]c(C)n3)C2)cs1. The highest BCUT2D eigenvalue weighted by molar-refractivity contribution is 7.12. The van der Waals surface area contributed by atoms with Crippen LogP contribution < -0.4 is 5.56 Å². The lowest BCUT2D eigenvalue weighted by Gasteiger charge is -2.32. The van der Waals surface area contributed by atoms with Gasteiger partial charge in [-0.15, -0.1) is 11.3 Å². The van der Waals surface area contributed by atoms with Gasteiger partial charge in [-0.2, -0.15) is 0 Å². The summed E-state index contributed by atoms with van der Waals surface area (Å²) < 4.78 is 0. The van der Waals surface area contributed by atoms with Crippen molar-refractivity contribution in [3.05, 3.63) is 49.8 Å². The number of nitrogens with one attached hydrogen (secondary N) is 1. The third kappa shape index (κ3) is 4.22. The molecule has 6 nitrogen and oxygen atoms in total. The highest BCUT2D eigenvalue weighted by Crippen LogP contribution is 2.26. The van der Waals surface area contributed by atoms with E-state index in [0.717, 1.165) is 30.6 Å². The molecular formula is C18H21N3O3S. The summed E-state index contributed by atoms with van der Waals surface area (Å²) in [5.41, 5.74) is 1.49.